The number of hydrogen-bond donors (Lipinski definition) is 0. The lowest BCUT2D eigenvalue weighted by atomic mass is 10.2. The number of rotatable bonds is 3. The Morgan fingerprint density at radius 2 is 2.25 bits per heavy atom. The van der Waals surface area contributed by atoms with Gasteiger partial charge in [0.05, 0.1) is 18.9 Å². The van der Waals surface area contributed by atoms with E-state index in [1.54, 1.807) is 11.2 Å². The predicted molar refractivity (Wildman–Crippen MR) is 74.4 cm³/mol. The fraction of sp³-hybridized carbons (Fsp3) is 0.667. The van der Waals surface area contributed by atoms with E-state index < -0.39 is 5.60 Å². The third kappa shape index (κ3) is 4.00. The Morgan fingerprint density at radius 3 is 2.85 bits per heavy atom. The first-order valence-corrected chi connectivity index (χ1v) is 7.02. The summed E-state index contributed by atoms with van der Waals surface area (Å²) in [6, 6.07) is 3.74. The van der Waals surface area contributed by atoms with E-state index in [0.717, 1.165) is 12.2 Å². The number of nitrogens with zero attached hydrogens (tertiary/aromatic N) is 1. The summed E-state index contributed by atoms with van der Waals surface area (Å²) in [6.45, 7) is 8.80. The first-order valence-electron chi connectivity index (χ1n) is 7.02. The first kappa shape index (κ1) is 14.9. The molecule has 1 fully saturated rings. The Kier molecular flexibility index (Phi) is 4.38. The van der Waals surface area contributed by atoms with Gasteiger partial charge in [0.15, 0.2) is 0 Å². The molecular formula is C15H23NO4. The van der Waals surface area contributed by atoms with Crippen LogP contribution in [0, 0.1) is 0 Å². The van der Waals surface area contributed by atoms with Crippen LogP contribution >= 0.6 is 0 Å². The molecule has 1 aromatic heterocycles. The molecule has 5 nitrogen and oxygen atoms in total. The molecular weight excluding hydrogens is 258 g/mol. The molecule has 20 heavy (non-hydrogen) atoms. The van der Waals surface area contributed by atoms with Crippen LogP contribution in [0.4, 0.5) is 4.79 Å². The van der Waals surface area contributed by atoms with Gasteiger partial charge in [0.1, 0.15) is 17.5 Å². The molecule has 2 rings (SSSR count). The molecule has 1 saturated heterocycles. The molecule has 0 saturated carbocycles. The molecule has 5 heteroatoms. The van der Waals surface area contributed by atoms with Crippen LogP contribution in [0.2, 0.25) is 0 Å². The van der Waals surface area contributed by atoms with Crippen LogP contribution in [-0.4, -0.2) is 35.8 Å². The second kappa shape index (κ2) is 5.87. The van der Waals surface area contributed by atoms with Crippen LogP contribution in [0.5, 0.6) is 0 Å². The van der Waals surface area contributed by atoms with Crippen LogP contribution in [0.25, 0.3) is 0 Å². The molecule has 1 amide bonds. The van der Waals surface area contributed by atoms with Gasteiger partial charge in [0, 0.05) is 6.54 Å². The lowest BCUT2D eigenvalue weighted by Crippen LogP contribution is -2.36. The van der Waals surface area contributed by atoms with Crippen molar-refractivity contribution in [2.45, 2.75) is 51.9 Å². The molecule has 1 unspecified atom stereocenters. The molecule has 2 heterocycles. The third-order valence-corrected chi connectivity index (χ3v) is 3.14. The topological polar surface area (TPSA) is 51.9 Å². The number of furan rings is 1. The van der Waals surface area contributed by atoms with Crippen molar-refractivity contribution in [3.63, 3.8) is 0 Å². The number of amides is 1. The minimum atomic E-state index is -0.461. The van der Waals surface area contributed by atoms with E-state index in [0.29, 0.717) is 13.1 Å². The van der Waals surface area contributed by atoms with Crippen molar-refractivity contribution in [2.75, 3.05) is 13.1 Å². The number of likely N-dealkylation sites (tertiary alicyclic amines) is 1. The molecule has 1 aliphatic rings. The van der Waals surface area contributed by atoms with Gasteiger partial charge >= 0.3 is 6.09 Å². The van der Waals surface area contributed by atoms with Gasteiger partial charge in [-0.15, -0.1) is 0 Å². The third-order valence-electron chi connectivity index (χ3n) is 3.14. The summed E-state index contributed by atoms with van der Waals surface area (Å²) in [5, 5.41) is 0. The molecule has 0 bridgehead atoms. The molecule has 0 spiro atoms. The molecule has 0 aliphatic carbocycles. The molecule has 112 valence electrons. The standard InChI is InChI=1S/C15H23NO4/c1-11(13-6-5-9-18-13)19-12-7-8-16(10-12)14(17)20-15(2,3)4/h5-6,9,11-12H,7-8,10H2,1-4H3/t11?,12-/m1/s1. The smallest absolute Gasteiger partial charge is 0.410 e. The van der Waals surface area contributed by atoms with Gasteiger partial charge in [0.2, 0.25) is 0 Å². The van der Waals surface area contributed by atoms with Crippen molar-refractivity contribution in [1.82, 2.24) is 4.90 Å². The Labute approximate surface area is 119 Å². The zero-order valence-corrected chi connectivity index (χ0v) is 12.6. The van der Waals surface area contributed by atoms with E-state index in [9.17, 15) is 4.79 Å². The molecule has 1 aliphatic heterocycles. The van der Waals surface area contributed by atoms with E-state index in [-0.39, 0.29) is 18.3 Å². The second-order valence-corrected chi connectivity index (χ2v) is 6.13. The van der Waals surface area contributed by atoms with E-state index >= 15 is 0 Å². The Hall–Kier alpha value is -1.49. The summed E-state index contributed by atoms with van der Waals surface area (Å²) in [7, 11) is 0. The van der Waals surface area contributed by atoms with Crippen LogP contribution in [0.3, 0.4) is 0 Å². The molecule has 1 aromatic rings. The monoisotopic (exact) mass is 281 g/mol. The number of carbonyl (C=O) groups is 1. The largest absolute Gasteiger partial charge is 0.467 e. The van der Waals surface area contributed by atoms with E-state index in [4.69, 9.17) is 13.9 Å². The SMILES string of the molecule is CC(O[C@@H]1CCN(C(=O)OC(C)(C)C)C1)c1ccco1. The highest BCUT2D eigenvalue weighted by atomic mass is 16.6. The Morgan fingerprint density at radius 1 is 1.50 bits per heavy atom. The summed E-state index contributed by atoms with van der Waals surface area (Å²) >= 11 is 0. The fourth-order valence-electron chi connectivity index (χ4n) is 2.21. The highest BCUT2D eigenvalue weighted by Gasteiger charge is 2.31. The first-order chi connectivity index (χ1) is 9.35. The van der Waals surface area contributed by atoms with Crippen LogP contribution in [0.15, 0.2) is 22.8 Å². The summed E-state index contributed by atoms with van der Waals surface area (Å²) in [5.41, 5.74) is -0.461. The van der Waals surface area contributed by atoms with Crippen molar-refractivity contribution < 1.29 is 18.7 Å². The van der Waals surface area contributed by atoms with Gasteiger partial charge in [-0.2, -0.15) is 0 Å². The van der Waals surface area contributed by atoms with Gasteiger partial charge in [0.25, 0.3) is 0 Å². The molecule has 0 aromatic carbocycles. The minimum Gasteiger partial charge on any atom is -0.467 e. The Balaban J connectivity index is 1.82. The number of carbonyl (C=O) groups excluding carboxylic acids is 1. The van der Waals surface area contributed by atoms with Gasteiger partial charge < -0.3 is 18.8 Å². The van der Waals surface area contributed by atoms with Gasteiger partial charge in [-0.3, -0.25) is 0 Å². The maximum atomic E-state index is 12.0. The van der Waals surface area contributed by atoms with Crippen LogP contribution < -0.4 is 0 Å². The Bertz CT molecular complexity index is 435. The lowest BCUT2D eigenvalue weighted by molar-refractivity contribution is -0.0125. The fourth-order valence-corrected chi connectivity index (χ4v) is 2.21. The predicted octanol–water partition coefficient (Wildman–Crippen LogP) is 3.37. The maximum absolute atomic E-state index is 12.0. The summed E-state index contributed by atoms with van der Waals surface area (Å²) in [5.74, 6) is 0.806. The van der Waals surface area contributed by atoms with E-state index in [1.165, 1.54) is 0 Å². The van der Waals surface area contributed by atoms with Gasteiger partial charge in [-0.05, 0) is 46.2 Å². The summed E-state index contributed by atoms with van der Waals surface area (Å²) in [6.07, 6.45) is 2.12. The highest BCUT2D eigenvalue weighted by Crippen LogP contribution is 2.24. The average molecular weight is 281 g/mol. The maximum Gasteiger partial charge on any atom is 0.410 e. The number of ether oxygens (including phenoxy) is 2. The minimum absolute atomic E-state index is 0.0302. The van der Waals surface area contributed by atoms with Crippen molar-refractivity contribution in [1.29, 1.82) is 0 Å². The molecule has 0 radical (unpaired) electrons. The summed E-state index contributed by atoms with van der Waals surface area (Å²) in [4.78, 5) is 13.6. The molecule has 2 atom stereocenters. The van der Waals surface area contributed by atoms with Crippen molar-refractivity contribution >= 4 is 6.09 Å². The van der Waals surface area contributed by atoms with Crippen molar-refractivity contribution in [3.05, 3.63) is 24.2 Å². The zero-order valence-electron chi connectivity index (χ0n) is 12.6. The van der Waals surface area contributed by atoms with Crippen molar-refractivity contribution in [3.8, 4) is 0 Å². The number of hydrogen-bond acceptors (Lipinski definition) is 4. The van der Waals surface area contributed by atoms with Crippen LogP contribution in [0.1, 0.15) is 46.0 Å². The van der Waals surface area contributed by atoms with E-state index in [2.05, 4.69) is 0 Å². The van der Waals surface area contributed by atoms with E-state index in [1.807, 2.05) is 39.8 Å². The quantitative estimate of drug-likeness (QED) is 0.852. The average Bonchev–Trinajstić information content (AvgIpc) is 2.97. The summed E-state index contributed by atoms with van der Waals surface area (Å²) < 4.78 is 16.6. The van der Waals surface area contributed by atoms with Crippen LogP contribution in [-0.2, 0) is 9.47 Å². The highest BCUT2D eigenvalue weighted by molar-refractivity contribution is 5.68. The lowest BCUT2D eigenvalue weighted by Gasteiger charge is -2.24. The molecule has 0 N–H and O–H groups in total. The van der Waals surface area contributed by atoms with Gasteiger partial charge in [-0.1, -0.05) is 0 Å². The van der Waals surface area contributed by atoms with Gasteiger partial charge in [-0.25, -0.2) is 4.79 Å². The van der Waals surface area contributed by atoms with Crippen molar-refractivity contribution in [2.24, 2.45) is 0 Å². The second-order valence-electron chi connectivity index (χ2n) is 6.13. The normalized spacial score (nSPS) is 21.0. The zero-order chi connectivity index (χ0) is 14.8.